The number of rotatable bonds is 0. The van der Waals surface area contributed by atoms with Crippen LogP contribution in [0.4, 0.5) is 0 Å². The van der Waals surface area contributed by atoms with Gasteiger partial charge in [0, 0.05) is 17.6 Å². The lowest BCUT2D eigenvalue weighted by atomic mass is 10.0. The second-order valence-corrected chi connectivity index (χ2v) is 5.03. The van der Waals surface area contributed by atoms with Crippen LogP contribution in [0.15, 0.2) is 16.6 Å². The summed E-state index contributed by atoms with van der Waals surface area (Å²) in [6.07, 6.45) is 2.17. The first kappa shape index (κ1) is 10.5. The monoisotopic (exact) mass is 273 g/mol. The largest absolute Gasteiger partial charge is 0.306 e. The van der Waals surface area contributed by atoms with Crippen molar-refractivity contribution >= 4 is 27.5 Å². The highest BCUT2D eigenvalue weighted by molar-refractivity contribution is 9.10. The Morgan fingerprint density at radius 1 is 1.29 bits per heavy atom. The fourth-order valence-electron chi connectivity index (χ4n) is 1.86. The molecule has 0 radical (unpaired) electrons. The summed E-state index contributed by atoms with van der Waals surface area (Å²) in [6, 6.07) is 4.23. The minimum Gasteiger partial charge on any atom is -0.306 e. The van der Waals surface area contributed by atoms with Crippen LogP contribution in [0.25, 0.3) is 0 Å². The highest BCUT2D eigenvalue weighted by Crippen LogP contribution is 2.30. The van der Waals surface area contributed by atoms with Gasteiger partial charge in [0.1, 0.15) is 0 Å². The quantitative estimate of drug-likeness (QED) is 0.702. The molecule has 14 heavy (non-hydrogen) atoms. The van der Waals surface area contributed by atoms with Crippen LogP contribution in [0.5, 0.6) is 0 Å². The molecule has 76 valence electrons. The molecule has 1 aliphatic heterocycles. The van der Waals surface area contributed by atoms with Crippen LogP contribution in [0.1, 0.15) is 11.1 Å². The Morgan fingerprint density at radius 3 is 2.79 bits per heavy atom. The van der Waals surface area contributed by atoms with Crippen molar-refractivity contribution in [1.29, 1.82) is 0 Å². The van der Waals surface area contributed by atoms with E-state index < -0.39 is 0 Å². The molecule has 1 aliphatic rings. The maximum Gasteiger partial charge on any atom is 0.0583 e. The first-order valence-electron chi connectivity index (χ1n) is 4.83. The third-order valence-corrected chi connectivity index (χ3v) is 4.12. The maximum atomic E-state index is 6.27. The molecule has 2 rings (SSSR count). The minimum absolute atomic E-state index is 0.901. The van der Waals surface area contributed by atoms with E-state index in [0.29, 0.717) is 0 Å². The topological polar surface area (TPSA) is 3.24 Å². The highest BCUT2D eigenvalue weighted by Gasteiger charge is 2.14. The second kappa shape index (κ2) is 4.21. The molecule has 1 aromatic carbocycles. The summed E-state index contributed by atoms with van der Waals surface area (Å²) < 4.78 is 1.02. The number of halogens is 2. The molecule has 1 heterocycles. The van der Waals surface area contributed by atoms with Crippen LogP contribution < -0.4 is 0 Å². The summed E-state index contributed by atoms with van der Waals surface area (Å²) in [4.78, 5) is 2.35. The van der Waals surface area contributed by atoms with Gasteiger partial charge < -0.3 is 4.90 Å². The molecule has 0 unspecified atom stereocenters. The van der Waals surface area contributed by atoms with Gasteiger partial charge in [-0.3, -0.25) is 0 Å². The van der Waals surface area contributed by atoms with E-state index in [-0.39, 0.29) is 0 Å². The van der Waals surface area contributed by atoms with Crippen LogP contribution in [-0.4, -0.2) is 25.0 Å². The summed E-state index contributed by atoms with van der Waals surface area (Å²) in [5.74, 6) is 0. The van der Waals surface area contributed by atoms with Crippen molar-refractivity contribution in [3.63, 3.8) is 0 Å². The molecule has 0 bridgehead atoms. The zero-order valence-corrected chi connectivity index (χ0v) is 10.5. The Hall–Kier alpha value is -0.0500. The van der Waals surface area contributed by atoms with Crippen LogP contribution in [-0.2, 0) is 12.8 Å². The summed E-state index contributed by atoms with van der Waals surface area (Å²) in [6.45, 7) is 2.23. The molecule has 0 atom stereocenters. The van der Waals surface area contributed by atoms with E-state index in [1.807, 2.05) is 6.07 Å². The Morgan fingerprint density at radius 2 is 2.00 bits per heavy atom. The SMILES string of the molecule is CN1CCc2ccc(Br)c(Cl)c2CC1. The Kier molecular flexibility index (Phi) is 3.15. The Bertz CT molecular complexity index is 351. The molecule has 0 spiro atoms. The fraction of sp³-hybridized carbons (Fsp3) is 0.455. The van der Waals surface area contributed by atoms with Gasteiger partial charge in [-0.05, 0) is 53.0 Å². The van der Waals surface area contributed by atoms with Gasteiger partial charge in [-0.2, -0.15) is 0 Å². The first-order chi connectivity index (χ1) is 6.68. The van der Waals surface area contributed by atoms with Gasteiger partial charge in [-0.1, -0.05) is 17.7 Å². The molecule has 1 aromatic rings. The van der Waals surface area contributed by atoms with Crippen molar-refractivity contribution in [3.8, 4) is 0 Å². The lowest BCUT2D eigenvalue weighted by molar-refractivity contribution is 0.352. The second-order valence-electron chi connectivity index (χ2n) is 3.80. The minimum atomic E-state index is 0.901. The van der Waals surface area contributed by atoms with Crippen molar-refractivity contribution in [1.82, 2.24) is 4.90 Å². The zero-order valence-electron chi connectivity index (χ0n) is 8.19. The van der Waals surface area contributed by atoms with E-state index in [1.54, 1.807) is 0 Å². The average Bonchev–Trinajstić information content (AvgIpc) is 2.35. The van der Waals surface area contributed by atoms with E-state index in [2.05, 4.69) is 33.9 Å². The molecule has 0 saturated heterocycles. The number of benzene rings is 1. The zero-order chi connectivity index (χ0) is 10.1. The van der Waals surface area contributed by atoms with Crippen molar-refractivity contribution in [2.45, 2.75) is 12.8 Å². The van der Waals surface area contributed by atoms with Gasteiger partial charge in [-0.25, -0.2) is 0 Å². The lowest BCUT2D eigenvalue weighted by Gasteiger charge is -2.11. The van der Waals surface area contributed by atoms with E-state index >= 15 is 0 Å². The summed E-state index contributed by atoms with van der Waals surface area (Å²) >= 11 is 9.74. The number of fused-ring (bicyclic) bond motifs is 1. The van der Waals surface area contributed by atoms with Crippen molar-refractivity contribution in [2.24, 2.45) is 0 Å². The Labute approximate surface area is 98.2 Å². The molecule has 0 fully saturated rings. The van der Waals surface area contributed by atoms with E-state index in [1.165, 1.54) is 11.1 Å². The van der Waals surface area contributed by atoms with Crippen LogP contribution in [0.2, 0.25) is 5.02 Å². The molecule has 0 amide bonds. The first-order valence-corrected chi connectivity index (χ1v) is 6.00. The highest BCUT2D eigenvalue weighted by atomic mass is 79.9. The van der Waals surface area contributed by atoms with Gasteiger partial charge >= 0.3 is 0 Å². The molecular weight excluding hydrogens is 261 g/mol. The molecule has 3 heteroatoms. The fourth-order valence-corrected chi connectivity index (χ4v) is 2.51. The molecule has 0 aliphatic carbocycles. The molecule has 1 nitrogen and oxygen atoms in total. The van der Waals surface area contributed by atoms with Gasteiger partial charge in [0.05, 0.1) is 5.02 Å². The standard InChI is InChI=1S/C11H13BrClN/c1-14-6-4-8-2-3-10(12)11(13)9(8)5-7-14/h2-3H,4-7H2,1H3. The Balaban J connectivity index is 2.41. The summed E-state index contributed by atoms with van der Waals surface area (Å²) in [5, 5.41) is 0.901. The molecule has 0 aromatic heterocycles. The van der Waals surface area contributed by atoms with Gasteiger partial charge in [0.25, 0.3) is 0 Å². The van der Waals surface area contributed by atoms with Gasteiger partial charge in [0.15, 0.2) is 0 Å². The molecule has 0 saturated carbocycles. The van der Waals surface area contributed by atoms with Crippen LogP contribution >= 0.6 is 27.5 Å². The van der Waals surface area contributed by atoms with Gasteiger partial charge in [-0.15, -0.1) is 0 Å². The summed E-state index contributed by atoms with van der Waals surface area (Å²) in [7, 11) is 2.16. The predicted octanol–water partition coefficient (Wildman–Crippen LogP) is 3.13. The van der Waals surface area contributed by atoms with Crippen molar-refractivity contribution < 1.29 is 0 Å². The number of hydrogen-bond donors (Lipinski definition) is 0. The predicted molar refractivity (Wildman–Crippen MR) is 64.1 cm³/mol. The third-order valence-electron chi connectivity index (χ3n) is 2.80. The maximum absolute atomic E-state index is 6.27. The van der Waals surface area contributed by atoms with Gasteiger partial charge in [0.2, 0.25) is 0 Å². The molecular formula is C11H13BrClN. The number of hydrogen-bond acceptors (Lipinski definition) is 1. The number of nitrogens with zero attached hydrogens (tertiary/aromatic N) is 1. The van der Waals surface area contributed by atoms with E-state index in [0.717, 1.165) is 35.4 Å². The van der Waals surface area contributed by atoms with Crippen LogP contribution in [0, 0.1) is 0 Å². The van der Waals surface area contributed by atoms with E-state index in [4.69, 9.17) is 11.6 Å². The van der Waals surface area contributed by atoms with Crippen LogP contribution in [0.3, 0.4) is 0 Å². The molecule has 0 N–H and O–H groups in total. The lowest BCUT2D eigenvalue weighted by Crippen LogP contribution is -2.20. The van der Waals surface area contributed by atoms with Crippen molar-refractivity contribution in [2.75, 3.05) is 20.1 Å². The summed E-state index contributed by atoms with van der Waals surface area (Å²) in [5.41, 5.74) is 2.73. The number of likely N-dealkylation sites (N-methyl/N-ethyl adjacent to an activating group) is 1. The van der Waals surface area contributed by atoms with Crippen molar-refractivity contribution in [3.05, 3.63) is 32.8 Å². The average molecular weight is 275 g/mol. The normalized spacial score (nSPS) is 17.6. The third kappa shape index (κ3) is 1.97. The van der Waals surface area contributed by atoms with E-state index in [9.17, 15) is 0 Å². The smallest absolute Gasteiger partial charge is 0.0583 e.